The monoisotopic (exact) mass is 436 g/mol. The van der Waals surface area contributed by atoms with Crippen molar-refractivity contribution < 1.29 is 14.3 Å². The van der Waals surface area contributed by atoms with Gasteiger partial charge in [0.1, 0.15) is 5.75 Å². The number of nitrogens with one attached hydrogen (secondary N) is 1. The van der Waals surface area contributed by atoms with E-state index in [0.717, 1.165) is 30.2 Å². The van der Waals surface area contributed by atoms with Gasteiger partial charge >= 0.3 is 0 Å². The summed E-state index contributed by atoms with van der Waals surface area (Å²) in [5.41, 5.74) is 0. The molecular formula is C21H29BrN2O3. The Hall–Kier alpha value is -1.56. The van der Waals surface area contributed by atoms with Gasteiger partial charge in [-0.2, -0.15) is 0 Å². The van der Waals surface area contributed by atoms with E-state index in [9.17, 15) is 9.59 Å². The van der Waals surface area contributed by atoms with Crippen molar-refractivity contribution in [3.63, 3.8) is 0 Å². The summed E-state index contributed by atoms with van der Waals surface area (Å²) in [6.07, 6.45) is 6.75. The molecule has 3 rings (SSSR count). The number of carbonyl (C=O) groups is 2. The van der Waals surface area contributed by atoms with Crippen molar-refractivity contribution in [3.8, 4) is 5.75 Å². The van der Waals surface area contributed by atoms with Crippen LogP contribution in [0.2, 0.25) is 0 Å². The van der Waals surface area contributed by atoms with Crippen LogP contribution in [0.4, 0.5) is 0 Å². The number of halogens is 1. The molecule has 148 valence electrons. The minimum atomic E-state index is -0.514. The number of carbonyl (C=O) groups excluding carboxylic acids is 2. The Morgan fingerprint density at radius 3 is 2.33 bits per heavy atom. The lowest BCUT2D eigenvalue weighted by molar-refractivity contribution is -0.139. The molecule has 1 aliphatic heterocycles. The second kappa shape index (κ2) is 9.58. The Labute approximate surface area is 170 Å². The third-order valence-corrected chi connectivity index (χ3v) is 6.13. The highest BCUT2D eigenvalue weighted by Gasteiger charge is 2.29. The molecular weight excluding hydrogens is 408 g/mol. The Morgan fingerprint density at radius 1 is 1.07 bits per heavy atom. The third-order valence-electron chi connectivity index (χ3n) is 5.60. The fourth-order valence-electron chi connectivity index (χ4n) is 3.95. The maximum atomic E-state index is 12.6. The molecule has 1 aromatic carbocycles. The Morgan fingerprint density at radius 2 is 1.70 bits per heavy atom. The summed E-state index contributed by atoms with van der Waals surface area (Å²) in [6.45, 7) is 3.13. The first kappa shape index (κ1) is 20.2. The van der Waals surface area contributed by atoms with E-state index in [4.69, 9.17) is 4.74 Å². The van der Waals surface area contributed by atoms with Gasteiger partial charge in [-0.05, 0) is 56.9 Å². The molecule has 0 spiro atoms. The smallest absolute Gasteiger partial charge is 0.263 e. The van der Waals surface area contributed by atoms with Crippen molar-refractivity contribution in [2.45, 2.75) is 64.0 Å². The Balaban J connectivity index is 1.43. The SMILES string of the molecule is CC(Oc1ccc(Br)cc1)C(=O)N1CCC(NC(=O)C2CCCCC2)CC1. The van der Waals surface area contributed by atoms with Gasteiger partial charge in [-0.25, -0.2) is 0 Å². The molecule has 0 aromatic heterocycles. The first-order valence-electron chi connectivity index (χ1n) is 10.0. The van der Waals surface area contributed by atoms with E-state index >= 15 is 0 Å². The van der Waals surface area contributed by atoms with Gasteiger partial charge < -0.3 is 15.0 Å². The van der Waals surface area contributed by atoms with Crippen LogP contribution < -0.4 is 10.1 Å². The number of ether oxygens (including phenoxy) is 1. The molecule has 2 fully saturated rings. The fraction of sp³-hybridized carbons (Fsp3) is 0.619. The van der Waals surface area contributed by atoms with Crippen molar-refractivity contribution in [1.29, 1.82) is 0 Å². The van der Waals surface area contributed by atoms with Crippen LogP contribution >= 0.6 is 15.9 Å². The highest BCUT2D eigenvalue weighted by molar-refractivity contribution is 9.10. The van der Waals surface area contributed by atoms with E-state index in [0.29, 0.717) is 18.8 Å². The van der Waals surface area contributed by atoms with Gasteiger partial charge in [-0.1, -0.05) is 35.2 Å². The summed E-state index contributed by atoms with van der Waals surface area (Å²) >= 11 is 3.39. The summed E-state index contributed by atoms with van der Waals surface area (Å²) in [6, 6.07) is 7.67. The van der Waals surface area contributed by atoms with Crippen molar-refractivity contribution in [2.75, 3.05) is 13.1 Å². The maximum absolute atomic E-state index is 12.6. The van der Waals surface area contributed by atoms with Crippen LogP contribution in [-0.4, -0.2) is 41.9 Å². The lowest BCUT2D eigenvalue weighted by Gasteiger charge is -2.34. The topological polar surface area (TPSA) is 58.6 Å². The number of piperidine rings is 1. The highest BCUT2D eigenvalue weighted by atomic mass is 79.9. The number of nitrogens with zero attached hydrogens (tertiary/aromatic N) is 1. The Kier molecular flexibility index (Phi) is 7.16. The molecule has 27 heavy (non-hydrogen) atoms. The number of rotatable bonds is 5. The molecule has 0 radical (unpaired) electrons. The number of hydrogen-bond donors (Lipinski definition) is 1. The average molecular weight is 437 g/mol. The van der Waals surface area contributed by atoms with E-state index in [2.05, 4.69) is 21.2 Å². The zero-order chi connectivity index (χ0) is 19.2. The first-order valence-corrected chi connectivity index (χ1v) is 10.8. The molecule has 2 aliphatic rings. The number of hydrogen-bond acceptors (Lipinski definition) is 3. The lowest BCUT2D eigenvalue weighted by Crippen LogP contribution is -2.50. The molecule has 5 nitrogen and oxygen atoms in total. The van der Waals surface area contributed by atoms with E-state index < -0.39 is 6.10 Å². The molecule has 1 unspecified atom stereocenters. The largest absolute Gasteiger partial charge is 0.481 e. The molecule has 1 atom stereocenters. The highest BCUT2D eigenvalue weighted by Crippen LogP contribution is 2.24. The van der Waals surface area contributed by atoms with Gasteiger partial charge in [-0.15, -0.1) is 0 Å². The quantitative estimate of drug-likeness (QED) is 0.760. The van der Waals surface area contributed by atoms with Gasteiger partial charge in [0.25, 0.3) is 5.91 Å². The van der Waals surface area contributed by atoms with Crippen LogP contribution in [0.15, 0.2) is 28.7 Å². The fourth-order valence-corrected chi connectivity index (χ4v) is 4.22. The van der Waals surface area contributed by atoms with Crippen LogP contribution in [0, 0.1) is 5.92 Å². The average Bonchev–Trinajstić information content (AvgIpc) is 2.70. The van der Waals surface area contributed by atoms with Crippen molar-refractivity contribution in [3.05, 3.63) is 28.7 Å². The second-order valence-corrected chi connectivity index (χ2v) is 8.57. The van der Waals surface area contributed by atoms with Crippen LogP contribution in [0.3, 0.4) is 0 Å². The van der Waals surface area contributed by atoms with Crippen molar-refractivity contribution in [1.82, 2.24) is 10.2 Å². The standard InChI is InChI=1S/C21H29BrN2O3/c1-15(27-19-9-7-17(22)8-10-19)21(26)24-13-11-18(12-14-24)23-20(25)16-5-3-2-4-6-16/h7-10,15-16,18H,2-6,11-14H2,1H3,(H,23,25). The van der Waals surface area contributed by atoms with Crippen LogP contribution in [-0.2, 0) is 9.59 Å². The van der Waals surface area contributed by atoms with E-state index in [1.165, 1.54) is 19.3 Å². The van der Waals surface area contributed by atoms with Crippen molar-refractivity contribution >= 4 is 27.7 Å². The zero-order valence-corrected chi connectivity index (χ0v) is 17.5. The van der Waals surface area contributed by atoms with E-state index in [-0.39, 0.29) is 23.8 Å². The molecule has 6 heteroatoms. The van der Waals surface area contributed by atoms with Gasteiger partial charge in [0.05, 0.1) is 0 Å². The summed E-state index contributed by atoms with van der Waals surface area (Å²) in [4.78, 5) is 26.9. The maximum Gasteiger partial charge on any atom is 0.263 e. The zero-order valence-electron chi connectivity index (χ0n) is 16.0. The minimum Gasteiger partial charge on any atom is -0.481 e. The predicted octanol–water partition coefficient (Wildman–Crippen LogP) is 3.90. The Bertz CT molecular complexity index is 635. The normalized spacial score (nSPS) is 20.1. The molecule has 1 saturated heterocycles. The molecule has 1 aromatic rings. The summed E-state index contributed by atoms with van der Waals surface area (Å²) in [5.74, 6) is 1.10. The van der Waals surface area contributed by atoms with Crippen LogP contribution in [0.1, 0.15) is 51.9 Å². The number of likely N-dealkylation sites (tertiary alicyclic amines) is 1. The number of amides is 2. The molecule has 0 bridgehead atoms. The summed E-state index contributed by atoms with van der Waals surface area (Å²) in [5, 5.41) is 3.21. The van der Waals surface area contributed by atoms with Crippen molar-refractivity contribution in [2.24, 2.45) is 5.92 Å². The van der Waals surface area contributed by atoms with Gasteiger partial charge in [-0.3, -0.25) is 9.59 Å². The van der Waals surface area contributed by atoms with Gasteiger partial charge in [0.2, 0.25) is 5.91 Å². The molecule has 2 amide bonds. The first-order chi connectivity index (χ1) is 13.0. The van der Waals surface area contributed by atoms with Gasteiger partial charge in [0.15, 0.2) is 6.10 Å². The molecule has 1 aliphatic carbocycles. The summed E-state index contributed by atoms with van der Waals surface area (Å²) in [7, 11) is 0. The number of benzene rings is 1. The van der Waals surface area contributed by atoms with E-state index in [1.54, 1.807) is 6.92 Å². The minimum absolute atomic E-state index is 0.00924. The molecule has 1 N–H and O–H groups in total. The second-order valence-electron chi connectivity index (χ2n) is 7.66. The molecule has 1 saturated carbocycles. The lowest BCUT2D eigenvalue weighted by atomic mass is 9.88. The predicted molar refractivity (Wildman–Crippen MR) is 109 cm³/mol. The third kappa shape index (κ3) is 5.71. The van der Waals surface area contributed by atoms with Gasteiger partial charge in [0, 0.05) is 29.5 Å². The van der Waals surface area contributed by atoms with Crippen LogP contribution in [0.5, 0.6) is 5.75 Å². The molecule has 1 heterocycles. The van der Waals surface area contributed by atoms with Crippen LogP contribution in [0.25, 0.3) is 0 Å². The summed E-state index contributed by atoms with van der Waals surface area (Å²) < 4.78 is 6.75. The van der Waals surface area contributed by atoms with E-state index in [1.807, 2.05) is 29.2 Å².